The number of rotatable bonds is 10. The van der Waals surface area contributed by atoms with E-state index < -0.39 is 36.2 Å². The predicted molar refractivity (Wildman–Crippen MR) is 161 cm³/mol. The van der Waals surface area contributed by atoms with Crippen LogP contribution in [-0.4, -0.2) is 43.9 Å². The summed E-state index contributed by atoms with van der Waals surface area (Å²) in [4.78, 5) is 40.8. The monoisotopic (exact) mass is 635 g/mol. The third kappa shape index (κ3) is 7.07. The van der Waals surface area contributed by atoms with Gasteiger partial charge in [0.25, 0.3) is 5.91 Å². The van der Waals surface area contributed by atoms with Crippen molar-refractivity contribution >= 4 is 36.6 Å². The molecule has 1 aliphatic carbocycles. The minimum absolute atomic E-state index is 0.115. The summed E-state index contributed by atoms with van der Waals surface area (Å²) in [6, 6.07) is 11.2. The normalized spacial score (nSPS) is 17.7. The van der Waals surface area contributed by atoms with Gasteiger partial charge in [0.2, 0.25) is 5.95 Å². The molecule has 44 heavy (non-hydrogen) atoms. The summed E-state index contributed by atoms with van der Waals surface area (Å²) in [7, 11) is -3.07. The molecule has 4 rings (SSSR count). The van der Waals surface area contributed by atoms with Gasteiger partial charge in [0.1, 0.15) is 11.4 Å². The van der Waals surface area contributed by atoms with Crippen LogP contribution in [0.4, 0.5) is 36.3 Å². The van der Waals surface area contributed by atoms with Gasteiger partial charge in [0.05, 0.1) is 22.5 Å². The Hall–Kier alpha value is -3.51. The number of aliphatic hydroxyl groups excluding tert-OH is 1. The van der Waals surface area contributed by atoms with Gasteiger partial charge in [-0.05, 0) is 79.8 Å². The Labute approximate surface area is 253 Å². The van der Waals surface area contributed by atoms with E-state index in [1.807, 2.05) is 0 Å². The molecule has 0 aliphatic heterocycles. The number of aliphatic hydroxyl groups is 1. The second kappa shape index (κ2) is 13.2. The molecular weight excluding hydrogens is 598 g/mol. The van der Waals surface area contributed by atoms with Gasteiger partial charge in [-0.25, -0.2) is 4.98 Å². The predicted octanol–water partition coefficient (Wildman–Crippen LogP) is 6.55. The van der Waals surface area contributed by atoms with Crippen molar-refractivity contribution < 1.29 is 37.4 Å². The number of amides is 1. The van der Waals surface area contributed by atoms with E-state index >= 15 is 0 Å². The summed E-state index contributed by atoms with van der Waals surface area (Å²) < 4.78 is 54.3. The molecule has 238 valence electrons. The number of nitrogens with one attached hydrogen (secondary N) is 3. The summed E-state index contributed by atoms with van der Waals surface area (Å²) in [5.74, 6) is -1.11. The number of nitrogens with zero attached hydrogens (tertiary/aromatic N) is 2. The van der Waals surface area contributed by atoms with Gasteiger partial charge >= 0.3 is 13.8 Å². The number of hydrogen-bond acceptors (Lipinski definition) is 7. The fourth-order valence-electron chi connectivity index (χ4n) is 5.76. The van der Waals surface area contributed by atoms with Crippen LogP contribution in [0.5, 0.6) is 0 Å². The second-order valence-corrected chi connectivity index (χ2v) is 12.9. The summed E-state index contributed by atoms with van der Waals surface area (Å²) in [6.45, 7) is 3.40. The topological polar surface area (TPSA) is 157 Å². The molecule has 1 fully saturated rings. The molecule has 0 unspecified atom stereocenters. The van der Waals surface area contributed by atoms with E-state index in [1.165, 1.54) is 7.05 Å². The van der Waals surface area contributed by atoms with Crippen molar-refractivity contribution in [1.29, 1.82) is 0 Å². The van der Waals surface area contributed by atoms with Crippen molar-refractivity contribution in [3.8, 4) is 0 Å². The zero-order chi connectivity index (χ0) is 32.3. The highest BCUT2D eigenvalue weighted by Gasteiger charge is 2.45. The van der Waals surface area contributed by atoms with E-state index in [0.29, 0.717) is 30.3 Å². The Morgan fingerprint density at radius 2 is 1.64 bits per heavy atom. The van der Waals surface area contributed by atoms with Gasteiger partial charge in [0, 0.05) is 18.9 Å². The highest BCUT2D eigenvalue weighted by atomic mass is 31.2. The number of carbonyl (C=O) groups excluding carboxylic acids is 1. The summed E-state index contributed by atoms with van der Waals surface area (Å²) in [5, 5.41) is 16.6. The molecule has 1 aliphatic rings. The van der Waals surface area contributed by atoms with Crippen molar-refractivity contribution in [2.24, 2.45) is 0 Å². The third-order valence-electron chi connectivity index (χ3n) is 8.44. The van der Waals surface area contributed by atoms with E-state index in [2.05, 4.69) is 25.9 Å². The molecule has 2 aromatic carbocycles. The maximum absolute atomic E-state index is 14.0. The number of aromatic nitrogens is 2. The molecule has 6 N–H and O–H groups in total. The first-order valence-electron chi connectivity index (χ1n) is 14.4. The Bertz CT molecular complexity index is 1520. The first kappa shape index (κ1) is 33.4. The maximum atomic E-state index is 14.0. The van der Waals surface area contributed by atoms with Crippen molar-refractivity contribution in [1.82, 2.24) is 15.3 Å². The standard InChI is InChI=1S/C30H37F3N5O5P/c1-4-29(5-2,44(41,42)43)20-9-11-21(12-10-20)36-28-35-17-24(30(31,32)33)26(38-28)37-25-15-8-19(16-23(25)27(40)34-3)18-6-13-22(39)14-7-18/h8-12,15-18,22,39H,4-7,13-14H2,1-3H3,(H,34,40)(H2,41,42,43)(H2,35,36,37,38). The number of benzene rings is 2. The molecule has 1 amide bonds. The number of alkyl halides is 3. The lowest BCUT2D eigenvalue weighted by Crippen LogP contribution is -2.24. The molecule has 10 nitrogen and oxygen atoms in total. The first-order chi connectivity index (χ1) is 20.7. The minimum Gasteiger partial charge on any atom is -0.393 e. The van der Waals surface area contributed by atoms with Crippen LogP contribution in [0.3, 0.4) is 0 Å². The average molecular weight is 636 g/mol. The smallest absolute Gasteiger partial charge is 0.393 e. The molecule has 0 spiro atoms. The van der Waals surface area contributed by atoms with Crippen molar-refractivity contribution in [2.75, 3.05) is 17.7 Å². The fraction of sp³-hybridized carbons (Fsp3) is 0.433. The molecular formula is C30H37F3N5O5P. The molecule has 1 saturated carbocycles. The molecule has 0 radical (unpaired) electrons. The molecule has 0 bridgehead atoms. The van der Waals surface area contributed by atoms with Crippen LogP contribution in [0, 0.1) is 0 Å². The van der Waals surface area contributed by atoms with E-state index in [1.54, 1.807) is 56.3 Å². The van der Waals surface area contributed by atoms with Gasteiger partial charge < -0.3 is 30.8 Å². The van der Waals surface area contributed by atoms with E-state index in [-0.39, 0.29) is 42.1 Å². The van der Waals surface area contributed by atoms with Crippen molar-refractivity contribution in [3.63, 3.8) is 0 Å². The second-order valence-electron chi connectivity index (χ2n) is 11.0. The van der Waals surface area contributed by atoms with Crippen LogP contribution in [0.2, 0.25) is 0 Å². The zero-order valence-corrected chi connectivity index (χ0v) is 25.5. The largest absolute Gasteiger partial charge is 0.421 e. The van der Waals surface area contributed by atoms with E-state index in [0.717, 1.165) is 18.4 Å². The van der Waals surface area contributed by atoms with Gasteiger partial charge in [-0.2, -0.15) is 18.2 Å². The van der Waals surface area contributed by atoms with Gasteiger partial charge in [0.15, 0.2) is 0 Å². The SMILES string of the molecule is CCC(CC)(c1ccc(Nc2ncc(C(F)(F)F)c(Nc3ccc(C4CCC(O)CC4)cc3C(=O)NC)n2)cc1)P(=O)(O)O. The number of carbonyl (C=O) groups is 1. The molecule has 3 aromatic rings. The highest BCUT2D eigenvalue weighted by Crippen LogP contribution is 2.61. The van der Waals surface area contributed by atoms with Crippen molar-refractivity contribution in [3.05, 3.63) is 70.9 Å². The highest BCUT2D eigenvalue weighted by molar-refractivity contribution is 7.53. The molecule has 0 atom stereocenters. The lowest BCUT2D eigenvalue weighted by Gasteiger charge is -2.33. The quantitative estimate of drug-likeness (QED) is 0.136. The first-order valence-corrected chi connectivity index (χ1v) is 16.0. The third-order valence-corrected chi connectivity index (χ3v) is 10.4. The Balaban J connectivity index is 1.66. The van der Waals surface area contributed by atoms with Crippen LogP contribution in [0.1, 0.15) is 85.3 Å². The molecule has 14 heteroatoms. The summed E-state index contributed by atoms with van der Waals surface area (Å²) in [6.07, 6.45) is -1.36. The van der Waals surface area contributed by atoms with Gasteiger partial charge in [-0.1, -0.05) is 32.0 Å². The van der Waals surface area contributed by atoms with E-state index in [4.69, 9.17) is 0 Å². The molecule has 0 saturated heterocycles. The van der Waals surface area contributed by atoms with Crippen LogP contribution in [0.25, 0.3) is 0 Å². The number of hydrogen-bond donors (Lipinski definition) is 6. The average Bonchev–Trinajstić information content (AvgIpc) is 2.98. The van der Waals surface area contributed by atoms with E-state index in [9.17, 15) is 37.4 Å². The van der Waals surface area contributed by atoms with Crippen molar-refractivity contribution in [2.45, 2.75) is 75.7 Å². The fourth-order valence-corrected chi connectivity index (χ4v) is 7.07. The molecule has 1 heterocycles. The van der Waals surface area contributed by atoms with Gasteiger partial charge in [-0.15, -0.1) is 0 Å². The summed E-state index contributed by atoms with van der Waals surface area (Å²) in [5.41, 5.74) is 0.819. The maximum Gasteiger partial charge on any atom is 0.421 e. The Morgan fingerprint density at radius 3 is 2.18 bits per heavy atom. The number of halogens is 3. The lowest BCUT2D eigenvalue weighted by atomic mass is 9.82. The van der Waals surface area contributed by atoms with Crippen LogP contribution in [0.15, 0.2) is 48.7 Å². The van der Waals surface area contributed by atoms with Crippen LogP contribution >= 0.6 is 7.60 Å². The molecule has 1 aromatic heterocycles. The zero-order valence-electron chi connectivity index (χ0n) is 24.6. The lowest BCUT2D eigenvalue weighted by molar-refractivity contribution is -0.137. The van der Waals surface area contributed by atoms with Gasteiger partial charge in [-0.3, -0.25) is 9.36 Å². The Kier molecular flexibility index (Phi) is 10.0. The Morgan fingerprint density at radius 1 is 1.00 bits per heavy atom. The minimum atomic E-state index is -4.80. The number of anilines is 4. The van der Waals surface area contributed by atoms with Crippen LogP contribution in [-0.2, 0) is 15.9 Å². The summed E-state index contributed by atoms with van der Waals surface area (Å²) >= 11 is 0. The van der Waals surface area contributed by atoms with Crippen LogP contribution < -0.4 is 16.0 Å².